The van der Waals surface area contributed by atoms with E-state index in [9.17, 15) is 0 Å². The van der Waals surface area contributed by atoms with Crippen molar-refractivity contribution in [2.75, 3.05) is 0 Å². The average Bonchev–Trinajstić information content (AvgIpc) is 4.07. The molecule has 0 radical (unpaired) electrons. The maximum Gasteiger partial charge on any atom is 0.0842 e. The van der Waals surface area contributed by atoms with Gasteiger partial charge in [-0.2, -0.15) is 0 Å². The van der Waals surface area contributed by atoms with E-state index in [4.69, 9.17) is 15.0 Å². The van der Waals surface area contributed by atoms with Crippen LogP contribution in [-0.2, 0) is 0 Å². The van der Waals surface area contributed by atoms with Gasteiger partial charge in [0.1, 0.15) is 0 Å². The Balaban J connectivity index is 1.15. The Morgan fingerprint density at radius 2 is 0.485 bits per heavy atom. The summed E-state index contributed by atoms with van der Waals surface area (Å²) in [6, 6.07) is 84.6. The van der Waals surface area contributed by atoms with Crippen molar-refractivity contribution in [1.82, 2.24) is 28.7 Å². The molecule has 6 aromatic heterocycles. The molecule has 0 atom stereocenters. The van der Waals surface area contributed by atoms with Crippen molar-refractivity contribution in [3.63, 3.8) is 0 Å². The van der Waals surface area contributed by atoms with Crippen LogP contribution in [0.25, 0.3) is 49.8 Å². The van der Waals surface area contributed by atoms with E-state index in [0.717, 1.165) is 101 Å². The molecule has 312 valence electrons. The van der Waals surface area contributed by atoms with E-state index in [2.05, 4.69) is 250 Å². The largest absolute Gasteiger partial charge is 0.313 e. The minimum atomic E-state index is -0.343. The molecule has 0 aliphatic carbocycles. The summed E-state index contributed by atoms with van der Waals surface area (Å²) in [5, 5.41) is 3.47. The average molecular weight is 847 g/mol. The van der Waals surface area contributed by atoms with Gasteiger partial charge in [-0.25, -0.2) is 0 Å². The van der Waals surface area contributed by atoms with Crippen molar-refractivity contribution in [3.8, 4) is 17.1 Å². The molecule has 6 aromatic carbocycles. The Bertz CT molecular complexity index is 3280. The topological polar surface area (TPSA) is 53.5 Å². The number of fused-ring (bicyclic) bond motifs is 9. The summed E-state index contributed by atoms with van der Waals surface area (Å²) >= 11 is 0. The zero-order valence-corrected chi connectivity index (χ0v) is 35.9. The lowest BCUT2D eigenvalue weighted by atomic mass is 9.89. The molecule has 13 rings (SSSR count). The van der Waals surface area contributed by atoms with Crippen LogP contribution in [0.3, 0.4) is 0 Å². The maximum atomic E-state index is 5.79. The lowest BCUT2D eigenvalue weighted by molar-refractivity contribution is 0.733. The Kier molecular flexibility index (Phi) is 8.94. The lowest BCUT2D eigenvalue weighted by Crippen LogP contribution is -2.20. The Hall–Kier alpha value is -8.61. The fourth-order valence-corrected chi connectivity index (χ4v) is 10.5. The smallest absolute Gasteiger partial charge is 0.0842 e. The van der Waals surface area contributed by atoms with E-state index in [-0.39, 0.29) is 17.8 Å². The first-order valence-electron chi connectivity index (χ1n) is 22.6. The number of hydrogen-bond donors (Lipinski definition) is 0. The van der Waals surface area contributed by atoms with Crippen LogP contribution in [0.4, 0.5) is 0 Å². The molecule has 0 spiro atoms. The van der Waals surface area contributed by atoms with Crippen molar-refractivity contribution in [2.45, 2.75) is 17.8 Å². The van der Waals surface area contributed by atoms with Gasteiger partial charge < -0.3 is 13.7 Å². The van der Waals surface area contributed by atoms with Crippen molar-refractivity contribution < 1.29 is 0 Å². The van der Waals surface area contributed by atoms with Gasteiger partial charge >= 0.3 is 0 Å². The molecule has 6 nitrogen and oxygen atoms in total. The quantitative estimate of drug-likeness (QED) is 0.167. The number of rotatable bonds is 6. The minimum absolute atomic E-state index is 0.343. The Morgan fingerprint density at radius 3 is 0.758 bits per heavy atom. The van der Waals surface area contributed by atoms with Gasteiger partial charge in [-0.05, 0) is 109 Å². The number of benzene rings is 6. The van der Waals surface area contributed by atoms with E-state index < -0.39 is 0 Å². The van der Waals surface area contributed by atoms with Crippen LogP contribution >= 0.6 is 0 Å². The highest BCUT2D eigenvalue weighted by Crippen LogP contribution is 2.43. The number of pyridine rings is 3. The lowest BCUT2D eigenvalue weighted by Gasteiger charge is -2.27. The fraction of sp³-hybridized carbons (Fsp3) is 0.0500. The summed E-state index contributed by atoms with van der Waals surface area (Å²) in [7, 11) is 0. The van der Waals surface area contributed by atoms with Gasteiger partial charge in [-0.3, -0.25) is 15.0 Å². The molecule has 1 aliphatic rings. The van der Waals surface area contributed by atoms with Crippen LogP contribution in [0, 0.1) is 0 Å². The second kappa shape index (κ2) is 15.6. The molecule has 0 saturated carbocycles. The third-order valence-electron chi connectivity index (χ3n) is 13.3. The second-order valence-electron chi connectivity index (χ2n) is 17.2. The van der Waals surface area contributed by atoms with Crippen LogP contribution in [-0.4, -0.2) is 28.7 Å². The first kappa shape index (κ1) is 37.9. The summed E-state index contributed by atoms with van der Waals surface area (Å²) in [5.74, 6) is -1.03. The molecule has 12 aromatic rings. The van der Waals surface area contributed by atoms with Crippen molar-refractivity contribution in [2.24, 2.45) is 0 Å². The zero-order chi connectivity index (χ0) is 43.6. The standard InChI is InChI=1S/C60H42N6/c1-4-22-43(23-5-1)64-52-34-13-10-19-40(52)37-55(64)58-46-28-16-30-48(61-46)59(56-38-41-20-11-14-35-53(41)65(56)44-24-6-2-7-25-44)50-32-18-33-51(63-50)60(49-31-17-29-47(58)62-49)57-39-42-21-12-15-36-54(42)66(57)45-26-8-3-9-27-45/h1-39,58-60H. The number of hydrogen-bond acceptors (Lipinski definition) is 3. The van der Waals surface area contributed by atoms with Gasteiger partial charge in [-0.15, -0.1) is 0 Å². The van der Waals surface area contributed by atoms with Gasteiger partial charge in [-0.1, -0.05) is 127 Å². The predicted octanol–water partition coefficient (Wildman–Crippen LogP) is 13.6. The van der Waals surface area contributed by atoms with Crippen LogP contribution in [0.5, 0.6) is 0 Å². The third kappa shape index (κ3) is 6.21. The first-order valence-corrected chi connectivity index (χ1v) is 22.6. The van der Waals surface area contributed by atoms with E-state index >= 15 is 0 Å². The monoisotopic (exact) mass is 846 g/mol. The van der Waals surface area contributed by atoms with Gasteiger partial charge in [0.2, 0.25) is 0 Å². The normalized spacial score (nSPS) is 15.7. The summed E-state index contributed by atoms with van der Waals surface area (Å²) < 4.78 is 7.19. The predicted molar refractivity (Wildman–Crippen MR) is 265 cm³/mol. The highest BCUT2D eigenvalue weighted by atomic mass is 15.0. The van der Waals surface area contributed by atoms with Crippen molar-refractivity contribution in [1.29, 1.82) is 0 Å². The molecule has 0 amide bonds. The molecule has 7 heterocycles. The van der Waals surface area contributed by atoms with Gasteiger partial charge in [0.15, 0.2) is 0 Å². The van der Waals surface area contributed by atoms with Crippen LogP contribution < -0.4 is 0 Å². The Labute approximate surface area is 382 Å². The number of para-hydroxylation sites is 6. The molecule has 0 saturated heterocycles. The van der Waals surface area contributed by atoms with E-state index in [0.29, 0.717) is 0 Å². The number of aromatic nitrogens is 6. The first-order chi connectivity index (χ1) is 32.7. The summed E-state index contributed by atoms with van der Waals surface area (Å²) in [6.45, 7) is 0. The summed E-state index contributed by atoms with van der Waals surface area (Å²) in [4.78, 5) is 17.4. The summed E-state index contributed by atoms with van der Waals surface area (Å²) in [5.41, 5.74) is 15.4. The second-order valence-corrected chi connectivity index (χ2v) is 17.2. The summed E-state index contributed by atoms with van der Waals surface area (Å²) in [6.07, 6.45) is 0. The number of nitrogens with zero attached hydrogens (tertiary/aromatic N) is 6. The molecule has 0 unspecified atom stereocenters. The van der Waals surface area contributed by atoms with Crippen molar-refractivity contribution >= 4 is 32.7 Å². The van der Waals surface area contributed by atoms with Crippen molar-refractivity contribution in [3.05, 3.63) is 288 Å². The molecule has 6 heteroatoms. The molecule has 6 bridgehead atoms. The molecule has 0 N–H and O–H groups in total. The van der Waals surface area contributed by atoms with Crippen LogP contribution in [0.15, 0.2) is 237 Å². The highest BCUT2D eigenvalue weighted by molar-refractivity contribution is 5.86. The highest BCUT2D eigenvalue weighted by Gasteiger charge is 2.33. The van der Waals surface area contributed by atoms with E-state index in [1.54, 1.807) is 0 Å². The van der Waals surface area contributed by atoms with E-state index in [1.165, 1.54) is 0 Å². The third-order valence-corrected chi connectivity index (χ3v) is 13.3. The molecule has 0 fully saturated rings. The maximum absolute atomic E-state index is 5.79. The molecular formula is C60H42N6. The fourth-order valence-electron chi connectivity index (χ4n) is 10.5. The van der Waals surface area contributed by atoms with Gasteiger partial charge in [0.25, 0.3) is 0 Å². The van der Waals surface area contributed by atoms with Crippen LogP contribution in [0.2, 0.25) is 0 Å². The molecule has 1 aliphatic heterocycles. The van der Waals surface area contributed by atoms with Gasteiger partial charge in [0, 0.05) is 50.3 Å². The van der Waals surface area contributed by atoms with Crippen LogP contribution in [0.1, 0.15) is 69.0 Å². The molecular weight excluding hydrogens is 805 g/mol. The van der Waals surface area contributed by atoms with Gasteiger partial charge in [0.05, 0.1) is 68.5 Å². The molecule has 66 heavy (non-hydrogen) atoms. The van der Waals surface area contributed by atoms with E-state index in [1.807, 2.05) is 0 Å². The SMILES string of the molecule is c1ccc(-n2c(C3c4cccc(n4)C(c4cc5ccccc5n4-c4ccccc4)c4cccc(n4)C(c4cc5ccccc5n4-c4ccccc4)c4cccc3n4)cc3ccccc32)cc1. The zero-order valence-electron chi connectivity index (χ0n) is 35.9. The Morgan fingerprint density at radius 1 is 0.242 bits per heavy atom. The minimum Gasteiger partial charge on any atom is -0.313 e.